The predicted molar refractivity (Wildman–Crippen MR) is 75.7 cm³/mol. The van der Waals surface area contributed by atoms with E-state index < -0.39 is 18.1 Å². The first kappa shape index (κ1) is 17.2. The van der Waals surface area contributed by atoms with Gasteiger partial charge < -0.3 is 10.2 Å². The molecule has 1 amide bonds. The van der Waals surface area contributed by atoms with Crippen LogP contribution < -0.4 is 5.32 Å². The summed E-state index contributed by atoms with van der Waals surface area (Å²) in [5, 5.41) is 2.01. The van der Waals surface area contributed by atoms with Gasteiger partial charge in [-0.25, -0.2) is 0 Å². The number of halogens is 3. The zero-order valence-electron chi connectivity index (χ0n) is 12.1. The van der Waals surface area contributed by atoms with Gasteiger partial charge in [0.2, 0.25) is 5.91 Å². The number of nitrogens with zero attached hydrogens (tertiary/aromatic N) is 1. The molecule has 0 saturated heterocycles. The van der Waals surface area contributed by atoms with Gasteiger partial charge in [0.1, 0.15) is 0 Å². The number of nitrogens with one attached hydrogen (secondary N) is 1. The lowest BCUT2D eigenvalue weighted by Crippen LogP contribution is -2.39. The van der Waals surface area contributed by atoms with Crippen molar-refractivity contribution in [2.75, 3.05) is 20.6 Å². The number of carbonyl (C=O) groups is 1. The van der Waals surface area contributed by atoms with E-state index in [2.05, 4.69) is 6.58 Å². The van der Waals surface area contributed by atoms with Crippen molar-refractivity contribution in [1.82, 2.24) is 10.2 Å². The third-order valence-corrected chi connectivity index (χ3v) is 2.92. The molecule has 1 rings (SSSR count). The number of alkyl halides is 3. The standard InChI is InChI=1S/C15H19F3N2O/c1-11(9-10-20(2)3)14(21)19-13(15(16,17)18)12-7-5-4-6-8-12/h4-8,13H,1,9-10H2,2-3H3,(H,19,21). The summed E-state index contributed by atoms with van der Waals surface area (Å²) in [5.41, 5.74) is 0.132. The van der Waals surface area contributed by atoms with Crippen LogP contribution in [-0.4, -0.2) is 37.6 Å². The van der Waals surface area contributed by atoms with Gasteiger partial charge in [0, 0.05) is 12.1 Å². The lowest BCUT2D eigenvalue weighted by atomic mass is 10.1. The molecule has 0 bridgehead atoms. The molecule has 116 valence electrons. The third-order valence-electron chi connectivity index (χ3n) is 2.92. The van der Waals surface area contributed by atoms with Crippen LogP contribution in [0, 0.1) is 0 Å². The van der Waals surface area contributed by atoms with Gasteiger partial charge in [-0.2, -0.15) is 13.2 Å². The topological polar surface area (TPSA) is 32.3 Å². The number of amides is 1. The zero-order chi connectivity index (χ0) is 16.0. The summed E-state index contributed by atoms with van der Waals surface area (Å²) in [7, 11) is 3.63. The molecule has 0 aromatic heterocycles. The van der Waals surface area contributed by atoms with Crippen molar-refractivity contribution in [3.8, 4) is 0 Å². The van der Waals surface area contributed by atoms with Crippen LogP contribution in [0.1, 0.15) is 18.0 Å². The minimum atomic E-state index is -4.56. The zero-order valence-corrected chi connectivity index (χ0v) is 12.1. The van der Waals surface area contributed by atoms with E-state index in [-0.39, 0.29) is 11.1 Å². The molecule has 1 N–H and O–H groups in total. The number of hydrogen-bond donors (Lipinski definition) is 1. The van der Waals surface area contributed by atoms with Crippen molar-refractivity contribution in [3.63, 3.8) is 0 Å². The number of hydrogen-bond acceptors (Lipinski definition) is 2. The molecule has 0 radical (unpaired) electrons. The van der Waals surface area contributed by atoms with E-state index in [1.165, 1.54) is 24.3 Å². The maximum atomic E-state index is 13.1. The van der Waals surface area contributed by atoms with Gasteiger partial charge in [0.05, 0.1) is 0 Å². The molecule has 0 aliphatic carbocycles. The van der Waals surface area contributed by atoms with Crippen LogP contribution in [0.3, 0.4) is 0 Å². The van der Waals surface area contributed by atoms with Crippen LogP contribution in [0.5, 0.6) is 0 Å². The Balaban J connectivity index is 2.79. The highest BCUT2D eigenvalue weighted by molar-refractivity contribution is 5.93. The van der Waals surface area contributed by atoms with Crippen LogP contribution in [0.15, 0.2) is 42.5 Å². The Morgan fingerprint density at radius 3 is 2.33 bits per heavy atom. The van der Waals surface area contributed by atoms with Crippen molar-refractivity contribution in [2.45, 2.75) is 18.6 Å². The van der Waals surface area contributed by atoms with Gasteiger partial charge in [-0.3, -0.25) is 4.79 Å². The Labute approximate surface area is 122 Å². The summed E-state index contributed by atoms with van der Waals surface area (Å²) >= 11 is 0. The van der Waals surface area contributed by atoms with Crippen molar-refractivity contribution in [3.05, 3.63) is 48.0 Å². The van der Waals surface area contributed by atoms with Gasteiger partial charge in [-0.15, -0.1) is 0 Å². The average Bonchev–Trinajstić information content (AvgIpc) is 2.41. The number of rotatable bonds is 6. The maximum Gasteiger partial charge on any atom is 0.412 e. The molecule has 0 heterocycles. The van der Waals surface area contributed by atoms with E-state index in [4.69, 9.17) is 0 Å². The monoisotopic (exact) mass is 300 g/mol. The van der Waals surface area contributed by atoms with Crippen LogP contribution in [0.4, 0.5) is 13.2 Å². The predicted octanol–water partition coefficient (Wildman–Crippen LogP) is 2.91. The fourth-order valence-corrected chi connectivity index (χ4v) is 1.70. The van der Waals surface area contributed by atoms with Gasteiger partial charge in [-0.05, 0) is 26.1 Å². The molecular weight excluding hydrogens is 281 g/mol. The Kier molecular flexibility index (Phi) is 5.96. The van der Waals surface area contributed by atoms with Crippen LogP contribution in [0.25, 0.3) is 0 Å². The second kappa shape index (κ2) is 7.26. The third kappa shape index (κ3) is 5.59. The molecule has 1 aromatic carbocycles. The van der Waals surface area contributed by atoms with E-state index in [0.717, 1.165) is 0 Å². The second-order valence-electron chi connectivity index (χ2n) is 5.02. The van der Waals surface area contributed by atoms with Gasteiger partial charge >= 0.3 is 6.18 Å². The lowest BCUT2D eigenvalue weighted by Gasteiger charge is -2.22. The van der Waals surface area contributed by atoms with E-state index in [9.17, 15) is 18.0 Å². The minimum Gasteiger partial charge on any atom is -0.337 e. The molecule has 6 heteroatoms. The molecule has 1 aromatic rings. The Morgan fingerprint density at radius 1 is 1.29 bits per heavy atom. The number of benzene rings is 1. The first-order chi connectivity index (χ1) is 9.71. The maximum absolute atomic E-state index is 13.1. The minimum absolute atomic E-state index is 0.00115. The molecule has 0 spiro atoms. The molecular formula is C15H19F3N2O. The largest absolute Gasteiger partial charge is 0.412 e. The van der Waals surface area contributed by atoms with Gasteiger partial charge in [0.25, 0.3) is 0 Å². The fourth-order valence-electron chi connectivity index (χ4n) is 1.70. The highest BCUT2D eigenvalue weighted by Gasteiger charge is 2.41. The quantitative estimate of drug-likeness (QED) is 0.819. The van der Waals surface area contributed by atoms with Crippen molar-refractivity contribution >= 4 is 5.91 Å². The van der Waals surface area contributed by atoms with E-state index in [1.807, 2.05) is 24.3 Å². The summed E-state index contributed by atoms with van der Waals surface area (Å²) in [6, 6.07) is 5.27. The smallest absolute Gasteiger partial charge is 0.337 e. The molecule has 1 atom stereocenters. The molecule has 0 fully saturated rings. The van der Waals surface area contributed by atoms with E-state index in [0.29, 0.717) is 13.0 Å². The second-order valence-corrected chi connectivity index (χ2v) is 5.02. The van der Waals surface area contributed by atoms with E-state index in [1.54, 1.807) is 6.07 Å². The SMILES string of the molecule is C=C(CCN(C)C)C(=O)NC(c1ccccc1)C(F)(F)F. The normalized spacial score (nSPS) is 13.0. The molecule has 0 aliphatic rings. The summed E-state index contributed by atoms with van der Waals surface area (Å²) in [6.07, 6.45) is -4.24. The Hall–Kier alpha value is -1.82. The average molecular weight is 300 g/mol. The highest BCUT2D eigenvalue weighted by atomic mass is 19.4. The first-order valence-corrected chi connectivity index (χ1v) is 6.47. The van der Waals surface area contributed by atoms with Crippen LogP contribution in [0.2, 0.25) is 0 Å². The molecule has 0 aliphatic heterocycles. The molecule has 3 nitrogen and oxygen atoms in total. The lowest BCUT2D eigenvalue weighted by molar-refractivity contribution is -0.162. The summed E-state index contributed by atoms with van der Waals surface area (Å²) in [5.74, 6) is -0.775. The van der Waals surface area contributed by atoms with Crippen molar-refractivity contribution in [1.29, 1.82) is 0 Å². The van der Waals surface area contributed by atoms with Crippen LogP contribution in [-0.2, 0) is 4.79 Å². The fraction of sp³-hybridized carbons (Fsp3) is 0.400. The number of carbonyl (C=O) groups excluding carboxylic acids is 1. The summed E-state index contributed by atoms with van der Waals surface area (Å²) in [4.78, 5) is 13.7. The Bertz CT molecular complexity index is 483. The van der Waals surface area contributed by atoms with Crippen molar-refractivity contribution in [2.24, 2.45) is 0 Å². The van der Waals surface area contributed by atoms with Gasteiger partial charge in [-0.1, -0.05) is 36.9 Å². The molecule has 0 saturated carbocycles. The summed E-state index contributed by atoms with van der Waals surface area (Å²) < 4.78 is 39.3. The molecule has 21 heavy (non-hydrogen) atoms. The summed E-state index contributed by atoms with van der Waals surface area (Å²) in [6.45, 7) is 4.10. The highest BCUT2D eigenvalue weighted by Crippen LogP contribution is 2.32. The molecule has 1 unspecified atom stereocenters. The van der Waals surface area contributed by atoms with Crippen molar-refractivity contribution < 1.29 is 18.0 Å². The van der Waals surface area contributed by atoms with Crippen LogP contribution >= 0.6 is 0 Å². The Morgan fingerprint density at radius 2 is 1.86 bits per heavy atom. The van der Waals surface area contributed by atoms with E-state index >= 15 is 0 Å². The first-order valence-electron chi connectivity index (χ1n) is 6.47. The van der Waals surface area contributed by atoms with Gasteiger partial charge in [0.15, 0.2) is 6.04 Å².